The van der Waals surface area contributed by atoms with Crippen molar-refractivity contribution in [3.8, 4) is 23.0 Å². The maximum Gasteiger partial charge on any atom is 0.189 e. The van der Waals surface area contributed by atoms with Gasteiger partial charge in [0.15, 0.2) is 29.0 Å². The summed E-state index contributed by atoms with van der Waals surface area (Å²) in [6.07, 6.45) is 4.84. The Morgan fingerprint density at radius 2 is 1.71 bits per heavy atom. The molecule has 31 heavy (non-hydrogen) atoms. The van der Waals surface area contributed by atoms with Crippen LogP contribution in [0.3, 0.4) is 0 Å². The van der Waals surface area contributed by atoms with Gasteiger partial charge in [0.25, 0.3) is 0 Å². The summed E-state index contributed by atoms with van der Waals surface area (Å²) in [5.74, 6) is 3.24. The van der Waals surface area contributed by atoms with Gasteiger partial charge in [-0.05, 0) is 49.4 Å². The minimum absolute atomic E-state index is 0. The largest absolute Gasteiger partial charge is 0.493 e. The second kappa shape index (κ2) is 12.5. The zero-order chi connectivity index (χ0) is 21.3. The van der Waals surface area contributed by atoms with Crippen LogP contribution in [0.4, 0.5) is 0 Å². The van der Waals surface area contributed by atoms with E-state index in [9.17, 15) is 0 Å². The third-order valence-electron chi connectivity index (χ3n) is 5.21. The number of nitrogens with one attached hydrogen (secondary N) is 1. The zero-order valence-corrected chi connectivity index (χ0v) is 20.7. The molecule has 1 saturated carbocycles. The lowest BCUT2D eigenvalue weighted by atomic mass is 10.1. The standard InChI is InChI=1S/C23H31N3O4.HI/c1-27-19-12-11-16(13-21(19)29-3)14-25-23(24)26-15-17-7-6-10-20(28-2)22(17)30-18-8-4-5-9-18;/h6-7,10-13,18H,4-5,8-9,14-15H2,1-3H3,(H3,24,25,26);1H. The topological polar surface area (TPSA) is 87.3 Å². The Morgan fingerprint density at radius 3 is 2.39 bits per heavy atom. The van der Waals surface area contributed by atoms with Crippen molar-refractivity contribution in [3.05, 3.63) is 47.5 Å². The molecule has 3 N–H and O–H groups in total. The molecule has 1 aliphatic rings. The van der Waals surface area contributed by atoms with Gasteiger partial charge in [-0.2, -0.15) is 0 Å². The van der Waals surface area contributed by atoms with E-state index in [1.807, 2.05) is 36.4 Å². The van der Waals surface area contributed by atoms with Crippen LogP contribution in [0, 0.1) is 0 Å². The van der Waals surface area contributed by atoms with Gasteiger partial charge in [-0.1, -0.05) is 18.2 Å². The van der Waals surface area contributed by atoms with Crippen LogP contribution in [0.5, 0.6) is 23.0 Å². The van der Waals surface area contributed by atoms with Crippen molar-refractivity contribution >= 4 is 29.9 Å². The summed E-state index contributed by atoms with van der Waals surface area (Å²) < 4.78 is 22.4. The summed E-state index contributed by atoms with van der Waals surface area (Å²) in [6, 6.07) is 11.6. The Bertz CT molecular complexity index is 870. The average Bonchev–Trinajstić information content (AvgIpc) is 3.29. The minimum Gasteiger partial charge on any atom is -0.493 e. The first-order valence-electron chi connectivity index (χ1n) is 10.2. The van der Waals surface area contributed by atoms with E-state index in [1.54, 1.807) is 21.3 Å². The average molecular weight is 541 g/mol. The van der Waals surface area contributed by atoms with Crippen molar-refractivity contribution in [2.24, 2.45) is 10.7 Å². The predicted molar refractivity (Wildman–Crippen MR) is 133 cm³/mol. The summed E-state index contributed by atoms with van der Waals surface area (Å²) in [6.45, 7) is 0.934. The van der Waals surface area contributed by atoms with Crippen LogP contribution in [-0.4, -0.2) is 33.4 Å². The van der Waals surface area contributed by atoms with Gasteiger partial charge in [0.2, 0.25) is 0 Å². The molecule has 2 aromatic rings. The number of nitrogens with two attached hydrogens (primary N) is 1. The fraction of sp³-hybridized carbons (Fsp3) is 0.435. The van der Waals surface area contributed by atoms with Gasteiger partial charge in [0.1, 0.15) is 0 Å². The van der Waals surface area contributed by atoms with E-state index in [1.165, 1.54) is 12.8 Å². The Balaban J connectivity index is 0.00000341. The van der Waals surface area contributed by atoms with Crippen LogP contribution in [0.15, 0.2) is 41.4 Å². The Kier molecular flexibility index (Phi) is 10.0. The first-order chi connectivity index (χ1) is 14.6. The molecule has 0 saturated heterocycles. The number of aliphatic imine (C=N–C) groups is 1. The number of nitrogens with zero attached hydrogens (tertiary/aromatic N) is 1. The van der Waals surface area contributed by atoms with E-state index in [0.717, 1.165) is 35.5 Å². The highest BCUT2D eigenvalue weighted by Crippen LogP contribution is 2.34. The van der Waals surface area contributed by atoms with Crippen LogP contribution in [-0.2, 0) is 13.1 Å². The molecule has 1 fully saturated rings. The lowest BCUT2D eigenvalue weighted by molar-refractivity contribution is 0.198. The maximum atomic E-state index is 6.27. The molecule has 8 heteroatoms. The number of halogens is 1. The summed E-state index contributed by atoms with van der Waals surface area (Å²) in [7, 11) is 4.88. The number of para-hydroxylation sites is 1. The number of guanidine groups is 1. The molecule has 0 atom stereocenters. The molecule has 7 nitrogen and oxygen atoms in total. The number of hydrogen-bond acceptors (Lipinski definition) is 5. The molecule has 2 aromatic carbocycles. The molecule has 0 aliphatic heterocycles. The molecular formula is C23H32IN3O4. The lowest BCUT2D eigenvalue weighted by Crippen LogP contribution is -2.31. The van der Waals surface area contributed by atoms with Gasteiger partial charge in [0, 0.05) is 12.1 Å². The molecule has 0 heterocycles. The Labute approximate surface area is 201 Å². The first kappa shape index (κ1) is 24.9. The first-order valence-corrected chi connectivity index (χ1v) is 10.2. The number of benzene rings is 2. The van der Waals surface area contributed by atoms with Gasteiger partial charge in [-0.3, -0.25) is 0 Å². The van der Waals surface area contributed by atoms with Crippen molar-refractivity contribution in [1.29, 1.82) is 0 Å². The van der Waals surface area contributed by atoms with Gasteiger partial charge in [-0.25, -0.2) is 4.99 Å². The molecule has 0 unspecified atom stereocenters. The smallest absolute Gasteiger partial charge is 0.189 e. The SMILES string of the molecule is COc1ccc(CN=C(N)NCc2cccc(OC)c2OC2CCCC2)cc1OC.I. The van der Waals surface area contributed by atoms with Crippen LogP contribution >= 0.6 is 24.0 Å². The second-order valence-electron chi connectivity index (χ2n) is 7.22. The monoisotopic (exact) mass is 541 g/mol. The number of ether oxygens (including phenoxy) is 4. The van der Waals surface area contributed by atoms with Crippen LogP contribution in [0.25, 0.3) is 0 Å². The molecule has 0 bridgehead atoms. The highest BCUT2D eigenvalue weighted by atomic mass is 127. The molecular weight excluding hydrogens is 509 g/mol. The van der Waals surface area contributed by atoms with Crippen molar-refractivity contribution in [2.75, 3.05) is 21.3 Å². The number of rotatable bonds is 9. The van der Waals surface area contributed by atoms with Gasteiger partial charge in [-0.15, -0.1) is 24.0 Å². The fourth-order valence-corrected chi connectivity index (χ4v) is 3.56. The molecule has 0 radical (unpaired) electrons. The number of hydrogen-bond donors (Lipinski definition) is 2. The van der Waals surface area contributed by atoms with E-state index in [4.69, 9.17) is 24.7 Å². The molecule has 3 rings (SSSR count). The molecule has 170 valence electrons. The van der Waals surface area contributed by atoms with E-state index >= 15 is 0 Å². The van der Waals surface area contributed by atoms with E-state index < -0.39 is 0 Å². The number of methoxy groups -OCH3 is 3. The van der Waals surface area contributed by atoms with Crippen LogP contribution < -0.4 is 30.0 Å². The molecule has 0 aromatic heterocycles. The highest BCUT2D eigenvalue weighted by Gasteiger charge is 2.20. The Hall–Kier alpha value is -2.36. The summed E-state index contributed by atoms with van der Waals surface area (Å²) in [5.41, 5.74) is 8.06. The summed E-state index contributed by atoms with van der Waals surface area (Å²) in [4.78, 5) is 4.43. The normalized spacial score (nSPS) is 14.0. The maximum absolute atomic E-state index is 6.27. The van der Waals surface area contributed by atoms with Crippen molar-refractivity contribution in [3.63, 3.8) is 0 Å². The van der Waals surface area contributed by atoms with E-state index in [0.29, 0.717) is 30.5 Å². The third-order valence-corrected chi connectivity index (χ3v) is 5.21. The van der Waals surface area contributed by atoms with Crippen LogP contribution in [0.2, 0.25) is 0 Å². The van der Waals surface area contributed by atoms with Crippen molar-refractivity contribution in [2.45, 2.75) is 44.9 Å². The quantitative estimate of drug-likeness (QED) is 0.281. The van der Waals surface area contributed by atoms with Gasteiger partial charge in [0.05, 0.1) is 34.0 Å². The predicted octanol–water partition coefficient (Wildman–Crippen LogP) is 4.26. The highest BCUT2D eigenvalue weighted by molar-refractivity contribution is 14.0. The van der Waals surface area contributed by atoms with E-state index in [2.05, 4.69) is 10.3 Å². The Morgan fingerprint density at radius 1 is 1.00 bits per heavy atom. The summed E-state index contributed by atoms with van der Waals surface area (Å²) >= 11 is 0. The van der Waals surface area contributed by atoms with Crippen LogP contribution in [0.1, 0.15) is 36.8 Å². The third kappa shape index (κ3) is 6.81. The molecule has 0 amide bonds. The minimum atomic E-state index is 0. The van der Waals surface area contributed by atoms with Gasteiger partial charge < -0.3 is 30.0 Å². The van der Waals surface area contributed by atoms with Crippen molar-refractivity contribution < 1.29 is 18.9 Å². The van der Waals surface area contributed by atoms with Gasteiger partial charge >= 0.3 is 0 Å². The second-order valence-corrected chi connectivity index (χ2v) is 7.22. The lowest BCUT2D eigenvalue weighted by Gasteiger charge is -2.19. The van der Waals surface area contributed by atoms with Crippen molar-refractivity contribution in [1.82, 2.24) is 5.32 Å². The fourth-order valence-electron chi connectivity index (χ4n) is 3.56. The van der Waals surface area contributed by atoms with E-state index in [-0.39, 0.29) is 30.1 Å². The summed E-state index contributed by atoms with van der Waals surface area (Å²) in [5, 5.41) is 3.17. The molecule has 0 spiro atoms. The molecule has 1 aliphatic carbocycles. The zero-order valence-electron chi connectivity index (χ0n) is 18.3.